The molecule has 0 radical (unpaired) electrons. The Morgan fingerprint density at radius 1 is 1.30 bits per heavy atom. The zero-order valence-electron chi connectivity index (χ0n) is 12.7. The molecule has 0 atom stereocenters. The molecule has 0 spiro atoms. The largest absolute Gasteiger partial charge is 0.322 e. The number of halogens is 2. The standard InChI is InChI=1S/C14H17F2N3O3S/c1-18(2)23(21,22)11-5-6-12(16)13(8-11)17-14(20)19-7-3-4-10(15)9-19/h4-6,8H,3,7,9H2,1-2H3,(H,17,20). The summed E-state index contributed by atoms with van der Waals surface area (Å²) in [5.41, 5.74) is -0.270. The van der Waals surface area contributed by atoms with Crippen LogP contribution < -0.4 is 5.32 Å². The predicted molar refractivity (Wildman–Crippen MR) is 81.7 cm³/mol. The Hall–Kier alpha value is -2.00. The van der Waals surface area contributed by atoms with E-state index in [1.165, 1.54) is 25.1 Å². The minimum atomic E-state index is -3.75. The average Bonchev–Trinajstić information content (AvgIpc) is 2.49. The highest BCUT2D eigenvalue weighted by molar-refractivity contribution is 7.89. The number of amides is 2. The van der Waals surface area contributed by atoms with Crippen molar-refractivity contribution in [1.82, 2.24) is 9.21 Å². The number of urea groups is 1. The second-order valence-electron chi connectivity index (χ2n) is 5.22. The van der Waals surface area contributed by atoms with E-state index in [0.717, 1.165) is 22.5 Å². The summed E-state index contributed by atoms with van der Waals surface area (Å²) >= 11 is 0. The Kier molecular flexibility index (Phi) is 5.00. The lowest BCUT2D eigenvalue weighted by atomic mass is 10.2. The number of carbonyl (C=O) groups excluding carboxylic acids is 1. The van der Waals surface area contributed by atoms with Crippen molar-refractivity contribution in [3.05, 3.63) is 35.9 Å². The van der Waals surface area contributed by atoms with Crippen LogP contribution in [0.3, 0.4) is 0 Å². The molecule has 0 aromatic heterocycles. The molecule has 0 unspecified atom stereocenters. The molecule has 9 heteroatoms. The Bertz CT molecular complexity index is 748. The van der Waals surface area contributed by atoms with Gasteiger partial charge in [0.2, 0.25) is 10.0 Å². The van der Waals surface area contributed by atoms with Gasteiger partial charge in [0.1, 0.15) is 11.6 Å². The van der Waals surface area contributed by atoms with Crippen molar-refractivity contribution in [3.63, 3.8) is 0 Å². The number of hydrogen-bond donors (Lipinski definition) is 1. The van der Waals surface area contributed by atoms with E-state index in [1.54, 1.807) is 0 Å². The number of anilines is 1. The summed E-state index contributed by atoms with van der Waals surface area (Å²) in [6.45, 7) is 0.111. The van der Waals surface area contributed by atoms with E-state index in [4.69, 9.17) is 0 Å². The molecule has 1 aliphatic rings. The van der Waals surface area contributed by atoms with Gasteiger partial charge in [-0.15, -0.1) is 0 Å². The SMILES string of the molecule is CN(C)S(=O)(=O)c1ccc(F)c(NC(=O)N2CCC=C(F)C2)c1. The molecule has 1 heterocycles. The van der Waals surface area contributed by atoms with Gasteiger partial charge in [-0.1, -0.05) is 0 Å². The van der Waals surface area contributed by atoms with Crippen molar-refractivity contribution in [2.75, 3.05) is 32.5 Å². The number of benzene rings is 1. The van der Waals surface area contributed by atoms with Crippen molar-refractivity contribution in [2.45, 2.75) is 11.3 Å². The molecule has 2 amide bonds. The van der Waals surface area contributed by atoms with Gasteiger partial charge in [0, 0.05) is 20.6 Å². The molecule has 2 rings (SSSR count). The summed E-state index contributed by atoms with van der Waals surface area (Å²) in [5.74, 6) is -1.21. The summed E-state index contributed by atoms with van der Waals surface area (Å²) in [4.78, 5) is 13.1. The van der Waals surface area contributed by atoms with Gasteiger partial charge in [-0.05, 0) is 30.7 Å². The molecule has 0 fully saturated rings. The molecule has 0 bridgehead atoms. The normalized spacial score (nSPS) is 15.5. The van der Waals surface area contributed by atoms with Crippen molar-refractivity contribution in [2.24, 2.45) is 0 Å². The first-order valence-corrected chi connectivity index (χ1v) is 8.28. The lowest BCUT2D eigenvalue weighted by Crippen LogP contribution is -2.38. The van der Waals surface area contributed by atoms with E-state index in [0.29, 0.717) is 13.0 Å². The molecule has 0 saturated heterocycles. The van der Waals surface area contributed by atoms with Crippen LogP contribution in [-0.2, 0) is 10.0 Å². The Morgan fingerprint density at radius 3 is 2.61 bits per heavy atom. The van der Waals surface area contributed by atoms with Gasteiger partial charge < -0.3 is 10.2 Å². The van der Waals surface area contributed by atoms with Gasteiger partial charge in [-0.2, -0.15) is 0 Å². The fraction of sp³-hybridized carbons (Fsp3) is 0.357. The highest BCUT2D eigenvalue weighted by Crippen LogP contribution is 2.22. The Labute approximate surface area is 133 Å². The minimum Gasteiger partial charge on any atom is -0.318 e. The minimum absolute atomic E-state index is 0.149. The first-order valence-electron chi connectivity index (χ1n) is 6.84. The van der Waals surface area contributed by atoms with Crippen molar-refractivity contribution in [1.29, 1.82) is 0 Å². The van der Waals surface area contributed by atoms with Crippen LogP contribution >= 0.6 is 0 Å². The smallest absolute Gasteiger partial charge is 0.318 e. The van der Waals surface area contributed by atoms with E-state index >= 15 is 0 Å². The molecule has 1 aliphatic heterocycles. The third kappa shape index (κ3) is 3.85. The van der Waals surface area contributed by atoms with Gasteiger partial charge in [0.15, 0.2) is 0 Å². The summed E-state index contributed by atoms with van der Waals surface area (Å²) in [6, 6.07) is 2.43. The van der Waals surface area contributed by atoms with E-state index in [2.05, 4.69) is 5.32 Å². The first kappa shape index (κ1) is 17.4. The fourth-order valence-electron chi connectivity index (χ4n) is 2.04. The van der Waals surface area contributed by atoms with Crippen molar-refractivity contribution in [3.8, 4) is 0 Å². The molecule has 23 heavy (non-hydrogen) atoms. The number of carbonyl (C=O) groups is 1. The number of sulfonamides is 1. The topological polar surface area (TPSA) is 69.7 Å². The molecular formula is C14H17F2N3O3S. The van der Waals surface area contributed by atoms with Crippen LogP contribution in [0.5, 0.6) is 0 Å². The lowest BCUT2D eigenvalue weighted by molar-refractivity contribution is 0.210. The van der Waals surface area contributed by atoms with Crippen LogP contribution in [0.15, 0.2) is 35.0 Å². The zero-order valence-corrected chi connectivity index (χ0v) is 13.5. The van der Waals surface area contributed by atoms with Crippen LogP contribution in [-0.4, -0.2) is 50.8 Å². The summed E-state index contributed by atoms with van der Waals surface area (Å²) in [6.07, 6.45) is 1.76. The predicted octanol–water partition coefficient (Wildman–Crippen LogP) is 2.17. The second-order valence-corrected chi connectivity index (χ2v) is 7.37. The summed E-state index contributed by atoms with van der Waals surface area (Å²) in [5, 5.41) is 2.29. The number of nitrogens with zero attached hydrogens (tertiary/aromatic N) is 2. The Balaban J connectivity index is 2.23. The highest BCUT2D eigenvalue weighted by atomic mass is 32.2. The van der Waals surface area contributed by atoms with Gasteiger partial charge in [0.05, 0.1) is 17.1 Å². The van der Waals surface area contributed by atoms with Gasteiger partial charge in [0.25, 0.3) is 0 Å². The number of rotatable bonds is 3. The molecule has 0 saturated carbocycles. The van der Waals surface area contributed by atoms with Crippen molar-refractivity contribution < 1.29 is 22.0 Å². The number of nitrogens with one attached hydrogen (secondary N) is 1. The van der Waals surface area contributed by atoms with Crippen molar-refractivity contribution >= 4 is 21.7 Å². The van der Waals surface area contributed by atoms with Crippen LogP contribution in [0.2, 0.25) is 0 Å². The lowest BCUT2D eigenvalue weighted by Gasteiger charge is -2.25. The van der Waals surface area contributed by atoms with Crippen LogP contribution in [0.4, 0.5) is 19.3 Å². The maximum Gasteiger partial charge on any atom is 0.322 e. The zero-order chi connectivity index (χ0) is 17.2. The molecule has 0 aliphatic carbocycles. The van der Waals surface area contributed by atoms with Gasteiger partial charge in [-0.25, -0.2) is 26.3 Å². The first-order chi connectivity index (χ1) is 10.7. The molecule has 1 N–H and O–H groups in total. The molecule has 1 aromatic carbocycles. The maximum atomic E-state index is 13.8. The highest BCUT2D eigenvalue weighted by Gasteiger charge is 2.22. The van der Waals surface area contributed by atoms with E-state index in [1.807, 2.05) is 0 Å². The third-order valence-electron chi connectivity index (χ3n) is 3.35. The van der Waals surface area contributed by atoms with Crippen LogP contribution in [0, 0.1) is 5.82 Å². The van der Waals surface area contributed by atoms with Crippen LogP contribution in [0.25, 0.3) is 0 Å². The molecular weight excluding hydrogens is 328 g/mol. The van der Waals surface area contributed by atoms with Crippen LogP contribution in [0.1, 0.15) is 6.42 Å². The van der Waals surface area contributed by atoms with E-state index in [-0.39, 0.29) is 17.1 Å². The maximum absolute atomic E-state index is 13.8. The van der Waals surface area contributed by atoms with E-state index in [9.17, 15) is 22.0 Å². The van der Waals surface area contributed by atoms with Gasteiger partial charge >= 0.3 is 6.03 Å². The fourth-order valence-corrected chi connectivity index (χ4v) is 2.97. The molecule has 126 valence electrons. The quantitative estimate of drug-likeness (QED) is 0.913. The van der Waals surface area contributed by atoms with E-state index < -0.39 is 27.7 Å². The van der Waals surface area contributed by atoms with Gasteiger partial charge in [-0.3, -0.25) is 0 Å². The second kappa shape index (κ2) is 6.63. The monoisotopic (exact) mass is 345 g/mol. The third-order valence-corrected chi connectivity index (χ3v) is 5.16. The Morgan fingerprint density at radius 2 is 2.00 bits per heavy atom. The number of hydrogen-bond acceptors (Lipinski definition) is 3. The summed E-state index contributed by atoms with van der Waals surface area (Å²) in [7, 11) is -1.06. The molecule has 1 aromatic rings. The average molecular weight is 345 g/mol. The molecule has 6 nitrogen and oxygen atoms in total. The summed E-state index contributed by atoms with van der Waals surface area (Å²) < 4.78 is 52.1.